The van der Waals surface area contributed by atoms with Crippen LogP contribution in [0.5, 0.6) is 0 Å². The van der Waals surface area contributed by atoms with Gasteiger partial charge in [0.2, 0.25) is 0 Å². The van der Waals surface area contributed by atoms with Crippen molar-refractivity contribution in [3.8, 4) is 0 Å². The van der Waals surface area contributed by atoms with Crippen LogP contribution in [0.3, 0.4) is 0 Å². The van der Waals surface area contributed by atoms with Crippen molar-refractivity contribution in [1.82, 2.24) is 0 Å². The Kier molecular flexibility index (Phi) is 1.46. The fourth-order valence-electron chi connectivity index (χ4n) is 4.49. The number of ether oxygens (including phenoxy) is 2. The van der Waals surface area contributed by atoms with Gasteiger partial charge in [0.25, 0.3) is 0 Å². The quantitative estimate of drug-likeness (QED) is 0.567. The van der Waals surface area contributed by atoms with Crippen molar-refractivity contribution in [1.29, 1.82) is 0 Å². The topological polar surface area (TPSA) is 18.5 Å². The molecule has 82 valence electrons. The Bertz CT molecular complexity index is 337. The molecule has 4 fully saturated rings. The Morgan fingerprint density at radius 3 is 3.20 bits per heavy atom. The lowest BCUT2D eigenvalue weighted by Gasteiger charge is -2.67. The van der Waals surface area contributed by atoms with E-state index in [4.69, 9.17) is 9.47 Å². The van der Waals surface area contributed by atoms with Crippen LogP contribution in [0.4, 0.5) is 0 Å². The summed E-state index contributed by atoms with van der Waals surface area (Å²) in [5.74, 6) is 0.792. The maximum absolute atomic E-state index is 6.21. The average Bonchev–Trinajstić information content (AvgIpc) is 2.14. The number of allylic oxidation sites excluding steroid dienone is 1. The third-order valence-corrected chi connectivity index (χ3v) is 5.39. The van der Waals surface area contributed by atoms with E-state index in [1.54, 1.807) is 0 Å². The summed E-state index contributed by atoms with van der Waals surface area (Å²) in [7, 11) is 0. The molecule has 2 aliphatic carbocycles. The summed E-state index contributed by atoms with van der Waals surface area (Å²) in [6.45, 7) is 2.40. The van der Waals surface area contributed by atoms with E-state index in [-0.39, 0.29) is 17.3 Å². The van der Waals surface area contributed by atoms with Gasteiger partial charge in [0.1, 0.15) is 0 Å². The zero-order valence-electron chi connectivity index (χ0n) is 9.24. The second-order valence-electron chi connectivity index (χ2n) is 5.81. The molecular formula is C13H18O2. The normalized spacial score (nSPS) is 60.7. The second kappa shape index (κ2) is 2.49. The van der Waals surface area contributed by atoms with E-state index in [0.717, 1.165) is 12.3 Å². The van der Waals surface area contributed by atoms with E-state index in [2.05, 4.69) is 19.1 Å². The lowest BCUT2D eigenvalue weighted by atomic mass is 9.50. The minimum atomic E-state index is 0.0278. The fraction of sp³-hybridized carbons (Fsp3) is 0.846. The summed E-state index contributed by atoms with van der Waals surface area (Å²) in [4.78, 5) is 0. The van der Waals surface area contributed by atoms with Gasteiger partial charge < -0.3 is 9.47 Å². The molecular weight excluding hydrogens is 188 g/mol. The predicted octanol–water partition coefficient (Wildman–Crippen LogP) is 2.64. The minimum Gasteiger partial charge on any atom is -0.349 e. The van der Waals surface area contributed by atoms with Crippen LogP contribution in [0.2, 0.25) is 0 Å². The molecule has 3 aliphatic heterocycles. The van der Waals surface area contributed by atoms with Gasteiger partial charge in [-0.1, -0.05) is 19.1 Å². The molecule has 15 heavy (non-hydrogen) atoms. The molecule has 0 amide bonds. The first kappa shape index (κ1) is 8.77. The van der Waals surface area contributed by atoms with Gasteiger partial charge in [-0.15, -0.1) is 0 Å². The van der Waals surface area contributed by atoms with Crippen LogP contribution in [0.15, 0.2) is 12.2 Å². The third-order valence-electron chi connectivity index (χ3n) is 5.39. The number of rotatable bonds is 0. The summed E-state index contributed by atoms with van der Waals surface area (Å²) in [5.41, 5.74) is 0.286. The molecule has 3 saturated heterocycles. The van der Waals surface area contributed by atoms with Gasteiger partial charge in [-0.05, 0) is 31.6 Å². The summed E-state index contributed by atoms with van der Waals surface area (Å²) in [5, 5.41) is 0. The highest BCUT2D eigenvalue weighted by Crippen LogP contribution is 2.64. The second-order valence-corrected chi connectivity index (χ2v) is 5.81. The largest absolute Gasteiger partial charge is 0.349 e. The predicted molar refractivity (Wildman–Crippen MR) is 56.3 cm³/mol. The molecule has 3 heterocycles. The van der Waals surface area contributed by atoms with E-state index in [1.807, 2.05) is 0 Å². The van der Waals surface area contributed by atoms with E-state index in [0.29, 0.717) is 6.10 Å². The van der Waals surface area contributed by atoms with Crippen LogP contribution in [-0.4, -0.2) is 18.0 Å². The zero-order chi connectivity index (χ0) is 10.1. The van der Waals surface area contributed by atoms with Crippen LogP contribution in [0.25, 0.3) is 0 Å². The van der Waals surface area contributed by atoms with Crippen molar-refractivity contribution < 1.29 is 9.47 Å². The van der Waals surface area contributed by atoms with Crippen LogP contribution >= 0.6 is 0 Å². The van der Waals surface area contributed by atoms with Crippen molar-refractivity contribution in [3.05, 3.63) is 12.2 Å². The van der Waals surface area contributed by atoms with Crippen LogP contribution in [0, 0.1) is 11.3 Å². The molecule has 0 spiro atoms. The van der Waals surface area contributed by atoms with E-state index >= 15 is 0 Å². The van der Waals surface area contributed by atoms with Crippen molar-refractivity contribution in [2.45, 2.75) is 57.0 Å². The molecule has 0 aromatic carbocycles. The summed E-state index contributed by atoms with van der Waals surface area (Å²) < 4.78 is 12.2. The lowest BCUT2D eigenvalue weighted by molar-refractivity contribution is -0.393. The van der Waals surface area contributed by atoms with Crippen LogP contribution < -0.4 is 0 Å². The van der Waals surface area contributed by atoms with Crippen LogP contribution in [-0.2, 0) is 9.47 Å². The standard InChI is InChI=1S/C13H18O2/c1-12-9-4-2-6-13(12)7-3-5-10(12)14-11(8-9)15-13/h2,6,9-11H,3-5,7-8H2,1H3/t9-,10-,11+,12-,13+/m0/s1. The fourth-order valence-corrected chi connectivity index (χ4v) is 4.49. The smallest absolute Gasteiger partial charge is 0.159 e. The molecule has 0 aromatic heterocycles. The first-order valence-corrected chi connectivity index (χ1v) is 6.26. The Morgan fingerprint density at radius 1 is 1.40 bits per heavy atom. The maximum atomic E-state index is 6.21. The summed E-state index contributed by atoms with van der Waals surface area (Å²) >= 11 is 0. The first-order chi connectivity index (χ1) is 7.25. The van der Waals surface area contributed by atoms with Gasteiger partial charge in [0.15, 0.2) is 6.29 Å². The van der Waals surface area contributed by atoms with Gasteiger partial charge in [0.05, 0.1) is 11.7 Å². The molecule has 1 saturated carbocycles. The Labute approximate surface area is 90.6 Å². The summed E-state index contributed by atoms with van der Waals surface area (Å²) in [6, 6.07) is 0. The van der Waals surface area contributed by atoms with E-state index < -0.39 is 0 Å². The molecule has 0 radical (unpaired) electrons. The van der Waals surface area contributed by atoms with Crippen molar-refractivity contribution in [3.63, 3.8) is 0 Å². The van der Waals surface area contributed by atoms with Gasteiger partial charge in [-0.25, -0.2) is 0 Å². The molecule has 5 aliphatic rings. The van der Waals surface area contributed by atoms with Gasteiger partial charge in [-0.2, -0.15) is 0 Å². The molecule has 2 nitrogen and oxygen atoms in total. The molecule has 2 heteroatoms. The Morgan fingerprint density at radius 2 is 2.33 bits per heavy atom. The maximum Gasteiger partial charge on any atom is 0.159 e. The Balaban J connectivity index is 1.93. The van der Waals surface area contributed by atoms with E-state index in [9.17, 15) is 0 Å². The van der Waals surface area contributed by atoms with Gasteiger partial charge in [0, 0.05) is 11.8 Å². The van der Waals surface area contributed by atoms with Gasteiger partial charge >= 0.3 is 0 Å². The van der Waals surface area contributed by atoms with Crippen molar-refractivity contribution >= 4 is 0 Å². The molecule has 5 atom stereocenters. The molecule has 5 rings (SSSR count). The van der Waals surface area contributed by atoms with Crippen molar-refractivity contribution in [2.24, 2.45) is 11.3 Å². The monoisotopic (exact) mass is 206 g/mol. The SMILES string of the molecule is C[C@@]12[C@H]3CC=C[C@@]14CCC[C@@H]2O[C@@H](C3)O4. The highest BCUT2D eigenvalue weighted by molar-refractivity contribution is 5.25. The summed E-state index contributed by atoms with van der Waals surface area (Å²) in [6.07, 6.45) is 11.3. The van der Waals surface area contributed by atoms with Crippen LogP contribution in [0.1, 0.15) is 39.0 Å². The highest BCUT2D eigenvalue weighted by atomic mass is 16.7. The van der Waals surface area contributed by atoms with Gasteiger partial charge in [-0.3, -0.25) is 0 Å². The lowest BCUT2D eigenvalue weighted by Crippen LogP contribution is -2.71. The molecule has 5 bridgehead atoms. The van der Waals surface area contributed by atoms with E-state index in [1.165, 1.54) is 25.7 Å². The molecule has 0 aromatic rings. The molecule has 0 unspecified atom stereocenters. The zero-order valence-corrected chi connectivity index (χ0v) is 9.24. The average molecular weight is 206 g/mol. The number of hydrogen-bond acceptors (Lipinski definition) is 2. The third kappa shape index (κ3) is 0.818. The minimum absolute atomic E-state index is 0.0278. The number of hydrogen-bond donors (Lipinski definition) is 0. The Hall–Kier alpha value is -0.340. The van der Waals surface area contributed by atoms with Crippen molar-refractivity contribution in [2.75, 3.05) is 0 Å². The molecule has 0 N–H and O–H groups in total. The first-order valence-electron chi connectivity index (χ1n) is 6.26. The highest BCUT2D eigenvalue weighted by Gasteiger charge is 2.67.